The second-order valence-corrected chi connectivity index (χ2v) is 6.93. The molecule has 1 saturated carbocycles. The van der Waals surface area contributed by atoms with Gasteiger partial charge in [-0.1, -0.05) is 62.8 Å². The summed E-state index contributed by atoms with van der Waals surface area (Å²) in [6.07, 6.45) is 13.6. The van der Waals surface area contributed by atoms with Gasteiger partial charge in [-0.15, -0.1) is 0 Å². The van der Waals surface area contributed by atoms with Crippen LogP contribution in [0, 0.1) is 0 Å². The number of unbranched alkanes of at least 4 members (excludes halogenated alkanes) is 3. The number of hydrogen-bond donors (Lipinski definition) is 1. The van der Waals surface area contributed by atoms with Crippen molar-refractivity contribution >= 4 is 0 Å². The predicted molar refractivity (Wildman–Crippen MR) is 93.0 cm³/mol. The molecule has 0 radical (unpaired) electrons. The number of hydrogen-bond acceptors (Lipinski definition) is 1. The topological polar surface area (TPSA) is 26.0 Å². The van der Waals surface area contributed by atoms with Gasteiger partial charge in [0.2, 0.25) is 0 Å². The van der Waals surface area contributed by atoms with E-state index in [1.54, 1.807) is 0 Å². The summed E-state index contributed by atoms with van der Waals surface area (Å²) in [6, 6.07) is 8.83. The van der Waals surface area contributed by atoms with Gasteiger partial charge in [-0.2, -0.15) is 0 Å². The molecule has 1 aliphatic carbocycles. The van der Waals surface area contributed by atoms with E-state index in [1.165, 1.54) is 63.4 Å². The maximum atomic E-state index is 12.5. The minimum atomic E-state index is -0.258. The minimum Gasteiger partial charge on any atom is -0.330 e. The largest absolute Gasteiger partial charge is 0.330 e. The second kappa shape index (κ2) is 9.29. The Bertz CT molecular complexity index is 406. The third-order valence-electron chi connectivity index (χ3n) is 5.37. The van der Waals surface area contributed by atoms with E-state index in [0.717, 1.165) is 18.5 Å². The fourth-order valence-electron chi connectivity index (χ4n) is 4.01. The van der Waals surface area contributed by atoms with Crippen LogP contribution in [0.25, 0.3) is 0 Å². The first kappa shape index (κ1) is 17.5. The Kier molecular flexibility index (Phi) is 7.38. The lowest BCUT2D eigenvalue weighted by Gasteiger charge is -2.38. The number of aryl methyl sites for hydroxylation is 1. The molecule has 1 aromatic carbocycles. The molecular formula is C20H32FN. The molecule has 0 bridgehead atoms. The van der Waals surface area contributed by atoms with Crippen LogP contribution < -0.4 is 5.73 Å². The number of alkyl halides is 1. The zero-order valence-electron chi connectivity index (χ0n) is 14.0. The SMILES string of the molecule is NCCCCCCC1(c2ccc(CCF)cc2)CCCCC1. The lowest BCUT2D eigenvalue weighted by atomic mass is 9.66. The minimum absolute atomic E-state index is 0.258. The van der Waals surface area contributed by atoms with Crippen molar-refractivity contribution in [2.45, 2.75) is 76.0 Å². The van der Waals surface area contributed by atoms with E-state index in [9.17, 15) is 4.39 Å². The van der Waals surface area contributed by atoms with Gasteiger partial charge in [-0.25, -0.2) is 0 Å². The van der Waals surface area contributed by atoms with Crippen molar-refractivity contribution in [3.05, 3.63) is 35.4 Å². The molecular weight excluding hydrogens is 273 g/mol. The highest BCUT2D eigenvalue weighted by molar-refractivity contribution is 5.30. The summed E-state index contributed by atoms with van der Waals surface area (Å²) < 4.78 is 12.5. The molecule has 2 N–H and O–H groups in total. The van der Waals surface area contributed by atoms with Gasteiger partial charge in [0.1, 0.15) is 0 Å². The van der Waals surface area contributed by atoms with Crippen LogP contribution in [-0.2, 0) is 11.8 Å². The van der Waals surface area contributed by atoms with Gasteiger partial charge in [0.15, 0.2) is 0 Å². The van der Waals surface area contributed by atoms with Gasteiger partial charge >= 0.3 is 0 Å². The van der Waals surface area contributed by atoms with Crippen LogP contribution in [0.2, 0.25) is 0 Å². The van der Waals surface area contributed by atoms with E-state index in [0.29, 0.717) is 11.8 Å². The van der Waals surface area contributed by atoms with Crippen molar-refractivity contribution in [1.29, 1.82) is 0 Å². The molecule has 0 heterocycles. The highest BCUT2D eigenvalue weighted by Crippen LogP contribution is 2.43. The summed E-state index contributed by atoms with van der Waals surface area (Å²) in [5.74, 6) is 0. The van der Waals surface area contributed by atoms with Crippen LogP contribution in [0.15, 0.2) is 24.3 Å². The summed E-state index contributed by atoms with van der Waals surface area (Å²) in [4.78, 5) is 0. The van der Waals surface area contributed by atoms with Crippen molar-refractivity contribution < 1.29 is 4.39 Å². The molecule has 0 unspecified atom stereocenters. The van der Waals surface area contributed by atoms with Crippen molar-refractivity contribution in [1.82, 2.24) is 0 Å². The number of rotatable bonds is 9. The molecule has 1 aromatic rings. The Morgan fingerprint density at radius 1 is 0.909 bits per heavy atom. The molecule has 0 amide bonds. The molecule has 2 rings (SSSR count). The Hall–Kier alpha value is -0.890. The molecule has 1 fully saturated rings. The first-order valence-corrected chi connectivity index (χ1v) is 9.16. The first-order valence-electron chi connectivity index (χ1n) is 9.16. The fourth-order valence-corrected chi connectivity index (χ4v) is 4.01. The van der Waals surface area contributed by atoms with E-state index >= 15 is 0 Å². The normalized spacial score (nSPS) is 17.5. The Morgan fingerprint density at radius 3 is 2.23 bits per heavy atom. The van der Waals surface area contributed by atoms with Crippen molar-refractivity contribution in [3.63, 3.8) is 0 Å². The van der Waals surface area contributed by atoms with Crippen LogP contribution in [0.1, 0.15) is 75.3 Å². The van der Waals surface area contributed by atoms with Crippen LogP contribution in [0.5, 0.6) is 0 Å². The molecule has 22 heavy (non-hydrogen) atoms. The Balaban J connectivity index is 2.00. The van der Waals surface area contributed by atoms with Crippen LogP contribution in [-0.4, -0.2) is 13.2 Å². The molecule has 1 aliphatic rings. The molecule has 0 spiro atoms. The first-order chi connectivity index (χ1) is 10.8. The number of benzene rings is 1. The number of halogens is 1. The van der Waals surface area contributed by atoms with Gasteiger partial charge in [0.25, 0.3) is 0 Å². The zero-order valence-corrected chi connectivity index (χ0v) is 14.0. The average Bonchev–Trinajstić information content (AvgIpc) is 2.56. The highest BCUT2D eigenvalue weighted by Gasteiger charge is 2.33. The molecule has 0 saturated heterocycles. The summed E-state index contributed by atoms with van der Waals surface area (Å²) in [6.45, 7) is 0.562. The Morgan fingerprint density at radius 2 is 1.59 bits per heavy atom. The lowest BCUT2D eigenvalue weighted by Crippen LogP contribution is -2.29. The summed E-state index contributed by atoms with van der Waals surface area (Å²) >= 11 is 0. The summed E-state index contributed by atoms with van der Waals surface area (Å²) in [5, 5.41) is 0. The van der Waals surface area contributed by atoms with Gasteiger partial charge in [-0.3, -0.25) is 4.39 Å². The fraction of sp³-hybridized carbons (Fsp3) is 0.700. The molecule has 124 valence electrons. The quantitative estimate of drug-likeness (QED) is 0.615. The van der Waals surface area contributed by atoms with E-state index in [1.807, 2.05) is 0 Å². The third-order valence-corrected chi connectivity index (χ3v) is 5.37. The van der Waals surface area contributed by atoms with E-state index in [2.05, 4.69) is 24.3 Å². The van der Waals surface area contributed by atoms with Gasteiger partial charge < -0.3 is 5.73 Å². The van der Waals surface area contributed by atoms with Gasteiger partial charge in [0.05, 0.1) is 6.67 Å². The van der Waals surface area contributed by atoms with Gasteiger partial charge in [-0.05, 0) is 48.8 Å². The van der Waals surface area contributed by atoms with Crippen LogP contribution in [0.4, 0.5) is 4.39 Å². The average molecular weight is 305 g/mol. The van der Waals surface area contributed by atoms with Crippen LogP contribution in [0.3, 0.4) is 0 Å². The maximum Gasteiger partial charge on any atom is 0.0934 e. The van der Waals surface area contributed by atoms with E-state index in [4.69, 9.17) is 5.73 Å². The monoisotopic (exact) mass is 305 g/mol. The standard InChI is InChI=1S/C20H32FN/c21-16-12-18-8-10-19(11-9-18)20(14-5-3-6-15-20)13-4-1-2-7-17-22/h8-11H,1-7,12-17,22H2. The van der Waals surface area contributed by atoms with E-state index < -0.39 is 0 Å². The second-order valence-electron chi connectivity index (χ2n) is 6.93. The van der Waals surface area contributed by atoms with E-state index in [-0.39, 0.29) is 6.67 Å². The zero-order chi connectivity index (χ0) is 15.7. The van der Waals surface area contributed by atoms with Crippen molar-refractivity contribution in [3.8, 4) is 0 Å². The smallest absolute Gasteiger partial charge is 0.0934 e. The van der Waals surface area contributed by atoms with Crippen molar-refractivity contribution in [2.75, 3.05) is 13.2 Å². The molecule has 0 atom stereocenters. The Labute approximate surface area is 135 Å². The highest BCUT2D eigenvalue weighted by atomic mass is 19.1. The molecule has 1 nitrogen and oxygen atoms in total. The molecule has 0 aliphatic heterocycles. The van der Waals surface area contributed by atoms with Crippen LogP contribution >= 0.6 is 0 Å². The molecule has 0 aromatic heterocycles. The number of nitrogens with two attached hydrogens (primary N) is 1. The third kappa shape index (κ3) is 4.81. The lowest BCUT2D eigenvalue weighted by molar-refractivity contribution is 0.265. The maximum absolute atomic E-state index is 12.5. The summed E-state index contributed by atoms with van der Waals surface area (Å²) in [7, 11) is 0. The summed E-state index contributed by atoms with van der Waals surface area (Å²) in [5.41, 5.74) is 8.59. The van der Waals surface area contributed by atoms with Crippen molar-refractivity contribution in [2.24, 2.45) is 5.73 Å². The molecule has 2 heteroatoms. The predicted octanol–water partition coefficient (Wildman–Crippen LogP) is 5.31. The van der Waals surface area contributed by atoms with Gasteiger partial charge in [0, 0.05) is 6.42 Å².